The number of aldehydes is 1. The second-order valence-corrected chi connectivity index (χ2v) is 11.1. The highest BCUT2D eigenvalue weighted by Crippen LogP contribution is 2.38. The maximum atomic E-state index is 12.4. The Morgan fingerprint density at radius 2 is 2.24 bits per heavy atom. The monoisotopic (exact) mass is 417 g/mol. The number of hydrogen-bond donors (Lipinski definition) is 0. The topological polar surface area (TPSA) is 108 Å². The quantitative estimate of drug-likeness (QED) is 0.342. The molecule has 12 heteroatoms. The van der Waals surface area contributed by atoms with Gasteiger partial charge in [-0.25, -0.2) is 23.2 Å². The number of thiazole rings is 2. The summed E-state index contributed by atoms with van der Waals surface area (Å²) in [5.41, 5.74) is 0.453. The Hall–Kier alpha value is -1.76. The zero-order chi connectivity index (χ0) is 18.2. The van der Waals surface area contributed by atoms with Crippen molar-refractivity contribution >= 4 is 64.9 Å². The predicted octanol–water partition coefficient (Wildman–Crippen LogP) is 2.58. The van der Waals surface area contributed by atoms with Gasteiger partial charge in [0.1, 0.15) is 5.69 Å². The van der Waals surface area contributed by atoms with Gasteiger partial charge in [-0.3, -0.25) is 9.36 Å². The molecule has 0 N–H and O–H groups in total. The first kappa shape index (κ1) is 18.0. The fourth-order valence-corrected chi connectivity index (χ4v) is 6.66. The summed E-state index contributed by atoms with van der Waals surface area (Å²) in [5, 5.41) is 2.15. The summed E-state index contributed by atoms with van der Waals surface area (Å²) >= 11 is 2.29. The molecule has 0 aliphatic rings. The fraction of sp³-hybridized carbons (Fsp3) is 0.231. The molecule has 0 aliphatic carbocycles. The van der Waals surface area contributed by atoms with Gasteiger partial charge in [0.15, 0.2) is 21.4 Å². The molecule has 0 amide bonds. The third-order valence-corrected chi connectivity index (χ3v) is 7.31. The normalized spacial score (nSPS) is 11.8. The van der Waals surface area contributed by atoms with Gasteiger partial charge < -0.3 is 4.74 Å². The maximum Gasteiger partial charge on any atom is 0.356 e. The number of carbonyl (C=O) groups excluding carboxylic acids is 2. The van der Waals surface area contributed by atoms with Gasteiger partial charge in [0.05, 0.1) is 16.9 Å². The molecule has 8 nitrogen and oxygen atoms in total. The summed E-state index contributed by atoms with van der Waals surface area (Å²) in [6.07, 6.45) is 3.18. The highest BCUT2D eigenvalue weighted by molar-refractivity contribution is 8.72. The SMILES string of the molecule is CCOC(=O)c1c(C=O)c2sc(SS(C)(=O)=O)nc2n1-c1nccs1. The molecule has 0 saturated heterocycles. The van der Waals surface area contributed by atoms with Crippen molar-refractivity contribution in [3.63, 3.8) is 0 Å². The molecule has 0 bridgehead atoms. The minimum absolute atomic E-state index is 0.0384. The number of hydrogen-bond acceptors (Lipinski definition) is 10. The summed E-state index contributed by atoms with van der Waals surface area (Å²) in [7, 11) is -2.76. The van der Waals surface area contributed by atoms with E-state index in [2.05, 4.69) is 9.97 Å². The van der Waals surface area contributed by atoms with Crippen LogP contribution in [0.2, 0.25) is 0 Å². The Kier molecular flexibility index (Phi) is 4.95. The van der Waals surface area contributed by atoms with Crippen LogP contribution in [0, 0.1) is 0 Å². The Labute approximate surface area is 154 Å². The van der Waals surface area contributed by atoms with E-state index in [9.17, 15) is 18.0 Å². The third-order valence-electron chi connectivity index (χ3n) is 2.94. The first-order valence-corrected chi connectivity index (χ1v) is 11.7. The van der Waals surface area contributed by atoms with Gasteiger partial charge in [-0.1, -0.05) is 0 Å². The molecule has 0 aromatic carbocycles. The molecule has 3 heterocycles. The molecule has 0 radical (unpaired) electrons. The lowest BCUT2D eigenvalue weighted by Gasteiger charge is -2.06. The lowest BCUT2D eigenvalue weighted by molar-refractivity contribution is 0.0515. The van der Waals surface area contributed by atoms with Crippen LogP contribution >= 0.6 is 33.5 Å². The minimum atomic E-state index is -3.36. The Bertz CT molecular complexity index is 1050. The van der Waals surface area contributed by atoms with Gasteiger partial charge >= 0.3 is 5.97 Å². The van der Waals surface area contributed by atoms with E-state index >= 15 is 0 Å². The second kappa shape index (κ2) is 6.86. The van der Waals surface area contributed by atoms with Gasteiger partial charge in [-0.15, -0.1) is 22.7 Å². The van der Waals surface area contributed by atoms with Crippen molar-refractivity contribution < 1.29 is 22.7 Å². The molecule has 3 rings (SSSR count). The number of nitrogens with zero attached hydrogens (tertiary/aromatic N) is 3. The smallest absolute Gasteiger partial charge is 0.356 e. The lowest BCUT2D eigenvalue weighted by Crippen LogP contribution is -2.13. The van der Waals surface area contributed by atoms with Crippen LogP contribution in [0.3, 0.4) is 0 Å². The maximum absolute atomic E-state index is 12.4. The minimum Gasteiger partial charge on any atom is -0.461 e. The Morgan fingerprint density at radius 3 is 2.80 bits per heavy atom. The van der Waals surface area contributed by atoms with Crippen molar-refractivity contribution in [1.29, 1.82) is 0 Å². The molecule has 0 unspecified atom stereocenters. The van der Waals surface area contributed by atoms with Gasteiger partial charge in [0, 0.05) is 28.6 Å². The van der Waals surface area contributed by atoms with Gasteiger partial charge in [-0.2, -0.15) is 0 Å². The largest absolute Gasteiger partial charge is 0.461 e. The summed E-state index contributed by atoms with van der Waals surface area (Å²) in [5.74, 6) is -0.665. The van der Waals surface area contributed by atoms with Crippen molar-refractivity contribution in [2.75, 3.05) is 12.9 Å². The summed E-state index contributed by atoms with van der Waals surface area (Å²) in [4.78, 5) is 32.5. The molecule has 0 atom stereocenters. The van der Waals surface area contributed by atoms with Crippen LogP contribution in [0.1, 0.15) is 27.8 Å². The summed E-state index contributed by atoms with van der Waals surface area (Å²) in [6, 6.07) is 0. The molecular weight excluding hydrogens is 406 g/mol. The number of aromatic nitrogens is 3. The van der Waals surface area contributed by atoms with E-state index in [-0.39, 0.29) is 22.2 Å². The van der Waals surface area contributed by atoms with Crippen LogP contribution < -0.4 is 0 Å². The van der Waals surface area contributed by atoms with Crippen molar-refractivity contribution in [1.82, 2.24) is 14.5 Å². The number of ether oxygens (including phenoxy) is 1. The van der Waals surface area contributed by atoms with Gasteiger partial charge in [0.2, 0.25) is 8.87 Å². The predicted molar refractivity (Wildman–Crippen MR) is 96.7 cm³/mol. The van der Waals surface area contributed by atoms with Crippen LogP contribution in [-0.4, -0.2) is 48.1 Å². The first-order chi connectivity index (χ1) is 11.9. The van der Waals surface area contributed by atoms with Crippen LogP contribution in [0.25, 0.3) is 15.5 Å². The fourth-order valence-electron chi connectivity index (χ4n) is 2.14. The van der Waals surface area contributed by atoms with E-state index in [0.29, 0.717) is 32.6 Å². The summed E-state index contributed by atoms with van der Waals surface area (Å²) < 4.78 is 30.2. The molecule has 3 aromatic heterocycles. The zero-order valence-electron chi connectivity index (χ0n) is 13.0. The Balaban J connectivity index is 2.30. The van der Waals surface area contributed by atoms with Crippen LogP contribution in [0.4, 0.5) is 0 Å². The van der Waals surface area contributed by atoms with Gasteiger partial charge in [-0.05, 0) is 6.92 Å². The highest BCUT2D eigenvalue weighted by Gasteiger charge is 2.29. The Morgan fingerprint density at radius 1 is 1.48 bits per heavy atom. The van der Waals surface area contributed by atoms with Gasteiger partial charge in [0.25, 0.3) is 0 Å². The van der Waals surface area contributed by atoms with Crippen molar-refractivity contribution in [3.05, 3.63) is 22.8 Å². The van der Waals surface area contributed by atoms with Crippen LogP contribution in [0.15, 0.2) is 15.9 Å². The second-order valence-electron chi connectivity index (χ2n) is 4.67. The molecule has 25 heavy (non-hydrogen) atoms. The van der Waals surface area contributed by atoms with E-state index in [4.69, 9.17) is 4.74 Å². The molecule has 0 aliphatic heterocycles. The third kappa shape index (κ3) is 3.47. The lowest BCUT2D eigenvalue weighted by atomic mass is 10.2. The van der Waals surface area contributed by atoms with E-state index in [1.165, 1.54) is 15.9 Å². The molecule has 132 valence electrons. The molecule has 0 fully saturated rings. The van der Waals surface area contributed by atoms with Crippen LogP contribution in [-0.2, 0) is 13.6 Å². The van der Waals surface area contributed by atoms with E-state index in [0.717, 1.165) is 17.6 Å². The highest BCUT2D eigenvalue weighted by atomic mass is 33.1. The standard InChI is InChI=1S/C13H11N3O5S4/c1-3-21-11(18)8-7(6-17)9-10(16(8)12-14-4-5-22-12)15-13(23-9)24-25(2,19)20/h4-6H,3H2,1-2H3. The van der Waals surface area contributed by atoms with E-state index < -0.39 is 14.8 Å². The number of fused-ring (bicyclic) bond motifs is 1. The molecule has 3 aromatic rings. The summed E-state index contributed by atoms with van der Waals surface area (Å²) in [6.45, 7) is 1.81. The zero-order valence-corrected chi connectivity index (χ0v) is 16.2. The van der Waals surface area contributed by atoms with Crippen LogP contribution in [0.5, 0.6) is 0 Å². The average molecular weight is 418 g/mol. The number of carbonyl (C=O) groups is 2. The van der Waals surface area contributed by atoms with Crippen molar-refractivity contribution in [2.24, 2.45) is 0 Å². The molecule has 0 saturated carbocycles. The number of rotatable bonds is 6. The molecule has 0 spiro atoms. The first-order valence-electron chi connectivity index (χ1n) is 6.82. The number of esters is 1. The van der Waals surface area contributed by atoms with E-state index in [1.807, 2.05) is 0 Å². The van der Waals surface area contributed by atoms with Crippen molar-refractivity contribution in [3.8, 4) is 5.13 Å². The van der Waals surface area contributed by atoms with E-state index in [1.54, 1.807) is 18.5 Å². The average Bonchev–Trinajstić information content (AvgIpc) is 3.20. The molecular formula is C13H11N3O5S4. The van der Waals surface area contributed by atoms with Crippen molar-refractivity contribution in [2.45, 2.75) is 11.3 Å².